The fourth-order valence-corrected chi connectivity index (χ4v) is 3.18. The molecule has 1 fully saturated rings. The van der Waals surface area contributed by atoms with Gasteiger partial charge < -0.3 is 15.5 Å². The molecule has 1 aromatic carbocycles. The topological polar surface area (TPSA) is 49.6 Å². The van der Waals surface area contributed by atoms with Crippen LogP contribution in [0.4, 0.5) is 5.69 Å². The van der Waals surface area contributed by atoms with Gasteiger partial charge in [-0.25, -0.2) is 0 Å². The van der Waals surface area contributed by atoms with Gasteiger partial charge in [-0.2, -0.15) is 0 Å². The molecule has 0 bridgehead atoms. The van der Waals surface area contributed by atoms with Crippen LogP contribution in [0.2, 0.25) is 0 Å². The van der Waals surface area contributed by atoms with E-state index in [1.807, 2.05) is 24.3 Å². The molecule has 2 N–H and O–H groups in total. The van der Waals surface area contributed by atoms with Gasteiger partial charge in [-0.15, -0.1) is 0 Å². The lowest BCUT2D eigenvalue weighted by atomic mass is 9.97. The summed E-state index contributed by atoms with van der Waals surface area (Å²) in [6.45, 7) is 4.37. The molecule has 4 heteroatoms. The Kier molecular flexibility index (Phi) is 3.72. The summed E-state index contributed by atoms with van der Waals surface area (Å²) in [6, 6.07) is 7.49. The number of hydrogen-bond donors (Lipinski definition) is 1. The van der Waals surface area contributed by atoms with Crippen LogP contribution in [-0.4, -0.2) is 37.0 Å². The van der Waals surface area contributed by atoms with E-state index < -0.39 is 6.04 Å². The van der Waals surface area contributed by atoms with Gasteiger partial charge in [0.05, 0.1) is 5.69 Å². The van der Waals surface area contributed by atoms with E-state index in [2.05, 4.69) is 17.9 Å². The van der Waals surface area contributed by atoms with Gasteiger partial charge in [0.2, 0.25) is 5.91 Å². The first-order valence-corrected chi connectivity index (χ1v) is 7.67. The van der Waals surface area contributed by atoms with Crippen LogP contribution in [0.15, 0.2) is 30.3 Å². The molecule has 0 radical (unpaired) electrons. The molecular formula is C17H23N3O. The molecule has 0 aliphatic carbocycles. The van der Waals surface area contributed by atoms with Crippen LogP contribution in [0, 0.1) is 5.92 Å². The van der Waals surface area contributed by atoms with Crippen molar-refractivity contribution in [2.45, 2.75) is 25.8 Å². The second-order valence-electron chi connectivity index (χ2n) is 6.16. The molecule has 3 rings (SSSR count). The number of anilines is 1. The lowest BCUT2D eigenvalue weighted by Crippen LogP contribution is -2.40. The van der Waals surface area contributed by atoms with Crippen LogP contribution in [0.3, 0.4) is 0 Å². The maximum absolute atomic E-state index is 12.3. The third-order valence-corrected chi connectivity index (χ3v) is 4.62. The SMILES string of the molecule is CC1CCN(C2=CC(N)C(=O)N(C)c3ccccc32)CC1. The normalized spacial score (nSPS) is 23.7. The number of hydrogen-bond acceptors (Lipinski definition) is 3. The van der Waals surface area contributed by atoms with Crippen LogP contribution in [0.1, 0.15) is 25.3 Å². The average Bonchev–Trinajstić information content (AvgIpc) is 2.60. The Bertz CT molecular complexity index is 573. The fourth-order valence-electron chi connectivity index (χ4n) is 3.18. The van der Waals surface area contributed by atoms with Crippen molar-refractivity contribution in [2.24, 2.45) is 11.7 Å². The number of likely N-dealkylation sites (tertiary alicyclic amines) is 1. The number of nitrogens with zero attached hydrogens (tertiary/aromatic N) is 2. The number of amides is 1. The monoisotopic (exact) mass is 285 g/mol. The zero-order valence-corrected chi connectivity index (χ0v) is 12.7. The highest BCUT2D eigenvalue weighted by Crippen LogP contribution is 2.34. The maximum atomic E-state index is 12.3. The Morgan fingerprint density at radius 2 is 1.86 bits per heavy atom. The van der Waals surface area contributed by atoms with Gasteiger partial charge >= 0.3 is 0 Å². The van der Waals surface area contributed by atoms with E-state index in [0.717, 1.165) is 36.0 Å². The minimum absolute atomic E-state index is 0.0529. The largest absolute Gasteiger partial charge is 0.371 e. The van der Waals surface area contributed by atoms with Crippen molar-refractivity contribution >= 4 is 17.3 Å². The van der Waals surface area contributed by atoms with E-state index >= 15 is 0 Å². The molecule has 2 heterocycles. The van der Waals surface area contributed by atoms with Gasteiger partial charge in [0.25, 0.3) is 0 Å². The van der Waals surface area contributed by atoms with Gasteiger partial charge in [0.1, 0.15) is 6.04 Å². The molecule has 0 aromatic heterocycles. The van der Waals surface area contributed by atoms with E-state index in [1.54, 1.807) is 11.9 Å². The first kappa shape index (κ1) is 14.1. The molecule has 4 nitrogen and oxygen atoms in total. The summed E-state index contributed by atoms with van der Waals surface area (Å²) >= 11 is 0. The average molecular weight is 285 g/mol. The first-order chi connectivity index (χ1) is 10.1. The highest BCUT2D eigenvalue weighted by atomic mass is 16.2. The Morgan fingerprint density at radius 3 is 2.57 bits per heavy atom. The second-order valence-corrected chi connectivity index (χ2v) is 6.16. The van der Waals surface area contributed by atoms with Gasteiger partial charge in [0, 0.05) is 31.4 Å². The summed E-state index contributed by atoms with van der Waals surface area (Å²) in [4.78, 5) is 16.4. The summed E-state index contributed by atoms with van der Waals surface area (Å²) in [5, 5.41) is 0. The molecule has 1 aromatic rings. The number of piperidine rings is 1. The molecule has 112 valence electrons. The number of para-hydroxylation sites is 1. The Hall–Kier alpha value is -1.81. The number of likely N-dealkylation sites (N-methyl/N-ethyl adjacent to an activating group) is 1. The molecule has 0 saturated carbocycles. The molecular weight excluding hydrogens is 262 g/mol. The molecule has 1 unspecified atom stereocenters. The first-order valence-electron chi connectivity index (χ1n) is 7.67. The van der Waals surface area contributed by atoms with E-state index in [1.165, 1.54) is 12.8 Å². The third-order valence-electron chi connectivity index (χ3n) is 4.62. The van der Waals surface area contributed by atoms with E-state index in [0.29, 0.717) is 0 Å². The Balaban J connectivity index is 2.03. The highest BCUT2D eigenvalue weighted by Gasteiger charge is 2.28. The van der Waals surface area contributed by atoms with Crippen molar-refractivity contribution in [2.75, 3.05) is 25.0 Å². The van der Waals surface area contributed by atoms with Crippen molar-refractivity contribution in [3.05, 3.63) is 35.9 Å². The van der Waals surface area contributed by atoms with Crippen molar-refractivity contribution in [1.82, 2.24) is 4.90 Å². The summed E-state index contributed by atoms with van der Waals surface area (Å²) in [5.74, 6) is 0.726. The number of benzene rings is 1. The van der Waals surface area contributed by atoms with Crippen LogP contribution < -0.4 is 10.6 Å². The summed E-state index contributed by atoms with van der Waals surface area (Å²) in [7, 11) is 1.80. The van der Waals surface area contributed by atoms with Crippen LogP contribution in [0.5, 0.6) is 0 Å². The van der Waals surface area contributed by atoms with E-state index in [4.69, 9.17) is 5.73 Å². The zero-order valence-electron chi connectivity index (χ0n) is 12.7. The molecule has 2 aliphatic heterocycles. The second kappa shape index (κ2) is 5.53. The molecule has 1 amide bonds. The summed E-state index contributed by atoms with van der Waals surface area (Å²) < 4.78 is 0. The van der Waals surface area contributed by atoms with Crippen LogP contribution >= 0.6 is 0 Å². The van der Waals surface area contributed by atoms with Gasteiger partial charge in [-0.3, -0.25) is 4.79 Å². The number of nitrogens with two attached hydrogens (primary N) is 1. The van der Waals surface area contributed by atoms with E-state index in [-0.39, 0.29) is 5.91 Å². The standard InChI is InChI=1S/C17H23N3O/c1-12-7-9-20(10-8-12)16-11-14(18)17(21)19(2)15-6-4-3-5-13(15)16/h3-6,11-12,14H,7-10,18H2,1-2H3. The maximum Gasteiger partial charge on any atom is 0.247 e. The molecule has 21 heavy (non-hydrogen) atoms. The molecule has 0 spiro atoms. The van der Waals surface area contributed by atoms with Gasteiger partial charge in [-0.05, 0) is 30.9 Å². The van der Waals surface area contributed by atoms with Crippen molar-refractivity contribution in [3.8, 4) is 0 Å². The van der Waals surface area contributed by atoms with Gasteiger partial charge in [0.15, 0.2) is 0 Å². The Labute approximate surface area is 126 Å². The predicted molar refractivity (Wildman–Crippen MR) is 85.8 cm³/mol. The van der Waals surface area contributed by atoms with Crippen LogP contribution in [-0.2, 0) is 4.79 Å². The lowest BCUT2D eigenvalue weighted by molar-refractivity contribution is -0.118. The zero-order chi connectivity index (χ0) is 15.0. The highest BCUT2D eigenvalue weighted by molar-refractivity contribution is 6.03. The third kappa shape index (κ3) is 2.56. The molecule has 1 saturated heterocycles. The predicted octanol–water partition coefficient (Wildman–Crippen LogP) is 2.06. The smallest absolute Gasteiger partial charge is 0.247 e. The minimum atomic E-state index is -0.572. The van der Waals surface area contributed by atoms with Crippen LogP contribution in [0.25, 0.3) is 5.70 Å². The number of carbonyl (C=O) groups is 1. The summed E-state index contributed by atoms with van der Waals surface area (Å²) in [5.41, 5.74) is 9.24. The van der Waals surface area contributed by atoms with E-state index in [9.17, 15) is 4.79 Å². The summed E-state index contributed by atoms with van der Waals surface area (Å²) in [6.07, 6.45) is 4.32. The van der Waals surface area contributed by atoms with Gasteiger partial charge in [-0.1, -0.05) is 25.1 Å². The lowest BCUT2D eigenvalue weighted by Gasteiger charge is -2.34. The molecule has 1 atom stereocenters. The number of carbonyl (C=O) groups excluding carboxylic acids is 1. The molecule has 2 aliphatic rings. The minimum Gasteiger partial charge on any atom is -0.371 e. The van der Waals surface area contributed by atoms with Crippen molar-refractivity contribution in [3.63, 3.8) is 0 Å². The Morgan fingerprint density at radius 1 is 1.19 bits per heavy atom. The number of rotatable bonds is 1. The number of fused-ring (bicyclic) bond motifs is 1. The quantitative estimate of drug-likeness (QED) is 0.859. The van der Waals surface area contributed by atoms with Crippen molar-refractivity contribution in [1.29, 1.82) is 0 Å². The van der Waals surface area contributed by atoms with Crippen molar-refractivity contribution < 1.29 is 4.79 Å². The fraction of sp³-hybridized carbons (Fsp3) is 0.471.